The Morgan fingerprint density at radius 3 is 2.82 bits per heavy atom. The standard InChI is InChI=1S/C14H11F3N2O3/c15-14(16,17)12-10-7-22-5-4-11(10)19(18-12)9-3-1-2-8(6-9)13(20)21/h1-3,6H,4-5,7H2,(H,20,21). The predicted octanol–water partition coefficient (Wildman–Crippen LogP) is 2.66. The number of aromatic nitrogens is 2. The smallest absolute Gasteiger partial charge is 0.435 e. The minimum atomic E-state index is -4.58. The highest BCUT2D eigenvalue weighted by atomic mass is 19.4. The Bertz CT molecular complexity index is 737. The van der Waals surface area contributed by atoms with E-state index in [0.717, 1.165) is 4.68 Å². The van der Waals surface area contributed by atoms with E-state index in [1.165, 1.54) is 24.3 Å². The predicted molar refractivity (Wildman–Crippen MR) is 68.9 cm³/mol. The minimum Gasteiger partial charge on any atom is -0.478 e. The number of fused-ring (bicyclic) bond motifs is 1. The summed E-state index contributed by atoms with van der Waals surface area (Å²) in [5.41, 5.74) is -0.292. The number of carboxylic acid groups (broad SMARTS) is 1. The third kappa shape index (κ3) is 2.45. The molecule has 0 radical (unpaired) electrons. The summed E-state index contributed by atoms with van der Waals surface area (Å²) in [6.07, 6.45) is -4.30. The van der Waals surface area contributed by atoms with E-state index in [-0.39, 0.29) is 29.8 Å². The van der Waals surface area contributed by atoms with Crippen molar-refractivity contribution in [3.8, 4) is 5.69 Å². The van der Waals surface area contributed by atoms with Gasteiger partial charge in [0, 0.05) is 12.0 Å². The largest absolute Gasteiger partial charge is 0.478 e. The second kappa shape index (κ2) is 5.13. The number of carbonyl (C=O) groups is 1. The molecule has 8 heteroatoms. The maximum Gasteiger partial charge on any atom is 0.435 e. The van der Waals surface area contributed by atoms with Crippen molar-refractivity contribution in [3.05, 3.63) is 46.8 Å². The third-order valence-corrected chi connectivity index (χ3v) is 3.43. The number of hydrogen-bond acceptors (Lipinski definition) is 3. The van der Waals surface area contributed by atoms with E-state index in [2.05, 4.69) is 5.10 Å². The Kier molecular flexibility index (Phi) is 3.40. The Hall–Kier alpha value is -2.35. The summed E-state index contributed by atoms with van der Waals surface area (Å²) in [5, 5.41) is 12.7. The van der Waals surface area contributed by atoms with Crippen LogP contribution in [0.3, 0.4) is 0 Å². The van der Waals surface area contributed by atoms with Crippen LogP contribution >= 0.6 is 0 Å². The zero-order valence-corrected chi connectivity index (χ0v) is 11.2. The van der Waals surface area contributed by atoms with Gasteiger partial charge in [0.25, 0.3) is 0 Å². The number of halogens is 3. The first-order valence-corrected chi connectivity index (χ1v) is 6.47. The van der Waals surface area contributed by atoms with Gasteiger partial charge in [0.05, 0.1) is 30.2 Å². The third-order valence-electron chi connectivity index (χ3n) is 3.43. The summed E-state index contributed by atoms with van der Waals surface area (Å²) >= 11 is 0. The summed E-state index contributed by atoms with van der Waals surface area (Å²) in [7, 11) is 0. The lowest BCUT2D eigenvalue weighted by Crippen LogP contribution is -2.15. The molecule has 1 N–H and O–H groups in total. The minimum absolute atomic E-state index is 0.0117. The van der Waals surface area contributed by atoms with Crippen molar-refractivity contribution in [2.24, 2.45) is 0 Å². The van der Waals surface area contributed by atoms with E-state index in [9.17, 15) is 18.0 Å². The molecule has 0 aliphatic carbocycles. The van der Waals surface area contributed by atoms with Crippen LogP contribution < -0.4 is 0 Å². The van der Waals surface area contributed by atoms with Gasteiger partial charge in [0.2, 0.25) is 0 Å². The number of nitrogens with zero attached hydrogens (tertiary/aromatic N) is 2. The van der Waals surface area contributed by atoms with Crippen LogP contribution in [0.15, 0.2) is 24.3 Å². The van der Waals surface area contributed by atoms with Crippen LogP contribution in [0.25, 0.3) is 5.69 Å². The number of alkyl halides is 3. The lowest BCUT2D eigenvalue weighted by molar-refractivity contribution is -0.142. The molecule has 1 aromatic carbocycles. The molecule has 1 aliphatic rings. The van der Waals surface area contributed by atoms with Crippen molar-refractivity contribution in [3.63, 3.8) is 0 Å². The second-order valence-electron chi connectivity index (χ2n) is 4.84. The average molecular weight is 312 g/mol. The topological polar surface area (TPSA) is 64.3 Å². The van der Waals surface area contributed by atoms with Gasteiger partial charge in [-0.05, 0) is 18.2 Å². The molecule has 2 aromatic rings. The number of carboxylic acids is 1. The monoisotopic (exact) mass is 312 g/mol. The normalized spacial score (nSPS) is 14.7. The highest BCUT2D eigenvalue weighted by Crippen LogP contribution is 2.35. The van der Waals surface area contributed by atoms with E-state index in [1.807, 2.05) is 0 Å². The van der Waals surface area contributed by atoms with E-state index >= 15 is 0 Å². The Morgan fingerprint density at radius 1 is 1.36 bits per heavy atom. The van der Waals surface area contributed by atoms with Crippen molar-refractivity contribution in [1.29, 1.82) is 0 Å². The lowest BCUT2D eigenvalue weighted by atomic mass is 10.1. The van der Waals surface area contributed by atoms with Gasteiger partial charge >= 0.3 is 12.1 Å². The zero-order chi connectivity index (χ0) is 15.9. The van der Waals surface area contributed by atoms with Gasteiger partial charge in [0.15, 0.2) is 5.69 Å². The SMILES string of the molecule is O=C(O)c1cccc(-n2nc(C(F)(F)F)c3c2CCOC3)c1. The summed E-state index contributed by atoms with van der Waals surface area (Å²) in [6, 6.07) is 5.66. The van der Waals surface area contributed by atoms with E-state index < -0.39 is 17.8 Å². The molecule has 0 fully saturated rings. The van der Waals surface area contributed by atoms with Crippen molar-refractivity contribution in [2.45, 2.75) is 19.2 Å². The Morgan fingerprint density at radius 2 is 2.14 bits per heavy atom. The molecule has 1 aliphatic heterocycles. The van der Waals surface area contributed by atoms with E-state index in [4.69, 9.17) is 9.84 Å². The fourth-order valence-corrected chi connectivity index (χ4v) is 2.45. The number of benzene rings is 1. The molecule has 22 heavy (non-hydrogen) atoms. The van der Waals surface area contributed by atoms with Crippen LogP contribution in [0, 0.1) is 0 Å². The summed E-state index contributed by atoms with van der Waals surface area (Å²) < 4.78 is 45.5. The van der Waals surface area contributed by atoms with Crippen LogP contribution in [0.4, 0.5) is 13.2 Å². The first-order chi connectivity index (χ1) is 10.4. The molecule has 5 nitrogen and oxygen atoms in total. The molecule has 1 aromatic heterocycles. The first kappa shape index (κ1) is 14.6. The molecular weight excluding hydrogens is 301 g/mol. The fraction of sp³-hybridized carbons (Fsp3) is 0.286. The van der Waals surface area contributed by atoms with Gasteiger partial charge in [-0.2, -0.15) is 18.3 Å². The molecule has 0 amide bonds. The maximum atomic E-state index is 13.1. The lowest BCUT2D eigenvalue weighted by Gasteiger charge is -2.15. The maximum absolute atomic E-state index is 13.1. The van der Waals surface area contributed by atoms with E-state index in [0.29, 0.717) is 12.3 Å². The molecular formula is C14H11F3N2O3. The van der Waals surface area contributed by atoms with Gasteiger partial charge in [-0.1, -0.05) is 6.07 Å². The van der Waals surface area contributed by atoms with Crippen molar-refractivity contribution < 1.29 is 27.8 Å². The second-order valence-corrected chi connectivity index (χ2v) is 4.84. The molecule has 3 rings (SSSR count). The van der Waals surface area contributed by atoms with Crippen molar-refractivity contribution in [1.82, 2.24) is 9.78 Å². The fourth-order valence-electron chi connectivity index (χ4n) is 2.45. The number of hydrogen-bond donors (Lipinski definition) is 1. The Labute approximate surface area is 122 Å². The Balaban J connectivity index is 2.17. The summed E-state index contributed by atoms with van der Waals surface area (Å²) in [6.45, 7) is 0.150. The number of ether oxygens (including phenoxy) is 1. The van der Waals surface area contributed by atoms with Gasteiger partial charge in [-0.3, -0.25) is 0 Å². The highest BCUT2D eigenvalue weighted by molar-refractivity contribution is 5.88. The van der Waals surface area contributed by atoms with Crippen LogP contribution in [0.1, 0.15) is 27.3 Å². The zero-order valence-electron chi connectivity index (χ0n) is 11.2. The van der Waals surface area contributed by atoms with E-state index in [1.54, 1.807) is 0 Å². The van der Waals surface area contributed by atoms with Crippen molar-refractivity contribution in [2.75, 3.05) is 6.61 Å². The quantitative estimate of drug-likeness (QED) is 0.926. The molecule has 0 atom stereocenters. The molecule has 116 valence electrons. The summed E-state index contributed by atoms with van der Waals surface area (Å²) in [5.74, 6) is -1.15. The molecule has 0 saturated heterocycles. The van der Waals surface area contributed by atoms with Crippen LogP contribution in [-0.4, -0.2) is 27.5 Å². The number of aromatic carboxylic acids is 1. The number of rotatable bonds is 2. The highest BCUT2D eigenvalue weighted by Gasteiger charge is 2.40. The molecule has 0 spiro atoms. The van der Waals surface area contributed by atoms with Gasteiger partial charge in [-0.25, -0.2) is 9.48 Å². The van der Waals surface area contributed by atoms with Gasteiger partial charge < -0.3 is 9.84 Å². The van der Waals surface area contributed by atoms with Gasteiger partial charge in [-0.15, -0.1) is 0 Å². The average Bonchev–Trinajstić information content (AvgIpc) is 2.87. The van der Waals surface area contributed by atoms with Crippen LogP contribution in [0.5, 0.6) is 0 Å². The van der Waals surface area contributed by atoms with Gasteiger partial charge in [0.1, 0.15) is 0 Å². The van der Waals surface area contributed by atoms with Crippen LogP contribution in [0.2, 0.25) is 0 Å². The first-order valence-electron chi connectivity index (χ1n) is 6.47. The van der Waals surface area contributed by atoms with Crippen molar-refractivity contribution >= 4 is 5.97 Å². The molecule has 0 bridgehead atoms. The molecule has 2 heterocycles. The summed E-state index contributed by atoms with van der Waals surface area (Å²) in [4.78, 5) is 11.0. The molecule has 0 unspecified atom stereocenters. The van der Waals surface area contributed by atoms with Crippen LogP contribution in [-0.2, 0) is 23.9 Å². The molecule has 0 saturated carbocycles.